The molecule has 0 bridgehead atoms. The van der Waals surface area contributed by atoms with Crippen molar-refractivity contribution in [2.75, 3.05) is 13.7 Å². The van der Waals surface area contributed by atoms with Crippen LogP contribution in [0.25, 0.3) is 0 Å². The Labute approximate surface area is 104 Å². The van der Waals surface area contributed by atoms with Gasteiger partial charge in [0.05, 0.1) is 19.8 Å². The number of rotatable bonds is 1. The van der Waals surface area contributed by atoms with Crippen LogP contribution in [0.5, 0.6) is 0 Å². The molecule has 0 aromatic rings. The van der Waals surface area contributed by atoms with Crippen molar-refractivity contribution >= 4 is 11.8 Å². The minimum atomic E-state index is -0.999. The van der Waals surface area contributed by atoms with Crippen LogP contribution in [0, 0.1) is 11.3 Å². The Kier molecular flexibility index (Phi) is 2.35. The van der Waals surface area contributed by atoms with Crippen molar-refractivity contribution < 1.29 is 24.2 Å². The van der Waals surface area contributed by atoms with Crippen LogP contribution in [-0.2, 0) is 19.1 Å². The van der Waals surface area contributed by atoms with Gasteiger partial charge in [0.2, 0.25) is 0 Å². The lowest BCUT2D eigenvalue weighted by molar-refractivity contribution is -0.156. The van der Waals surface area contributed by atoms with E-state index < -0.39 is 17.5 Å². The van der Waals surface area contributed by atoms with E-state index in [0.717, 1.165) is 0 Å². The number of carbonyl (C=O) groups is 2. The lowest BCUT2D eigenvalue weighted by atomic mass is 9.60. The first-order chi connectivity index (χ1) is 8.62. The molecule has 0 aromatic carbocycles. The predicted octanol–water partition coefficient (Wildman–Crippen LogP) is 0.906. The van der Waals surface area contributed by atoms with Crippen LogP contribution in [0.15, 0.2) is 23.5 Å². The topological polar surface area (TPSA) is 72.8 Å². The molecule has 0 radical (unpaired) electrons. The van der Waals surface area contributed by atoms with E-state index in [4.69, 9.17) is 9.47 Å². The molecule has 0 spiro atoms. The van der Waals surface area contributed by atoms with E-state index in [1.54, 1.807) is 0 Å². The second-order valence-electron chi connectivity index (χ2n) is 4.88. The van der Waals surface area contributed by atoms with Crippen molar-refractivity contribution in [3.8, 4) is 0 Å². The van der Waals surface area contributed by atoms with Crippen molar-refractivity contribution in [1.82, 2.24) is 0 Å². The third-order valence-corrected chi connectivity index (χ3v) is 4.20. The van der Waals surface area contributed by atoms with Crippen LogP contribution >= 0.6 is 0 Å². The van der Waals surface area contributed by atoms with Crippen molar-refractivity contribution in [1.29, 1.82) is 0 Å². The molecule has 1 N–H and O–H groups in total. The molecule has 0 unspecified atom stereocenters. The molecule has 18 heavy (non-hydrogen) atoms. The smallest absolute Gasteiger partial charge is 0.319 e. The summed E-state index contributed by atoms with van der Waals surface area (Å²) in [6, 6.07) is 0. The van der Waals surface area contributed by atoms with Gasteiger partial charge < -0.3 is 14.6 Å². The number of Topliss-reactive ketones (excluding diaryl/α,β-unsaturated/α-hetero) is 1. The molecule has 3 aliphatic rings. The number of aliphatic hydroxyl groups is 1. The van der Waals surface area contributed by atoms with E-state index >= 15 is 0 Å². The molecule has 96 valence electrons. The molecule has 1 fully saturated rings. The number of allylic oxidation sites excluding steroid dienone is 2. The van der Waals surface area contributed by atoms with Gasteiger partial charge in [0.1, 0.15) is 5.41 Å². The summed E-state index contributed by atoms with van der Waals surface area (Å²) in [6.07, 6.45) is 3.70. The third-order valence-electron chi connectivity index (χ3n) is 4.20. The minimum Gasteiger partial charge on any atom is -0.504 e. The summed E-state index contributed by atoms with van der Waals surface area (Å²) in [5.41, 5.74) is -0.540. The molecule has 3 rings (SSSR count). The minimum absolute atomic E-state index is 0.0365. The standard InChI is InChI=1S/C13H14O5/c1-17-12(16)13-7-3-2-4-8(13)11(15)9(14)5-10(13)18-6-7/h2-3,7,10,15H,4-6H2,1H3/t7-,10-,13-/m1/s1. The number of hydrogen-bond acceptors (Lipinski definition) is 5. The van der Waals surface area contributed by atoms with Crippen molar-refractivity contribution in [3.63, 3.8) is 0 Å². The van der Waals surface area contributed by atoms with Gasteiger partial charge in [0, 0.05) is 12.3 Å². The summed E-state index contributed by atoms with van der Waals surface area (Å²) in [4.78, 5) is 24.0. The van der Waals surface area contributed by atoms with E-state index in [9.17, 15) is 14.7 Å². The average Bonchev–Trinajstić information content (AvgIpc) is 2.75. The Bertz CT molecular complexity index is 490. The first-order valence-corrected chi connectivity index (χ1v) is 5.94. The van der Waals surface area contributed by atoms with E-state index in [1.165, 1.54) is 7.11 Å². The summed E-state index contributed by atoms with van der Waals surface area (Å²) < 4.78 is 10.5. The van der Waals surface area contributed by atoms with Gasteiger partial charge in [-0.25, -0.2) is 0 Å². The molecule has 2 aliphatic carbocycles. The highest BCUT2D eigenvalue weighted by Gasteiger charge is 2.63. The fraction of sp³-hybridized carbons (Fsp3) is 0.538. The summed E-state index contributed by atoms with van der Waals surface area (Å²) in [7, 11) is 1.32. The van der Waals surface area contributed by atoms with Crippen LogP contribution in [0.2, 0.25) is 0 Å². The summed E-state index contributed by atoms with van der Waals surface area (Å²) in [5.74, 6) is -1.22. The van der Waals surface area contributed by atoms with Crippen molar-refractivity contribution in [2.24, 2.45) is 11.3 Å². The van der Waals surface area contributed by atoms with Gasteiger partial charge in [0.15, 0.2) is 11.5 Å². The Hall–Kier alpha value is -1.62. The van der Waals surface area contributed by atoms with Crippen LogP contribution < -0.4 is 0 Å². The number of methoxy groups -OCH3 is 1. The number of carbonyl (C=O) groups excluding carboxylic acids is 2. The Morgan fingerprint density at radius 1 is 1.61 bits per heavy atom. The molecule has 0 aromatic heterocycles. The number of hydrogen-bond donors (Lipinski definition) is 1. The van der Waals surface area contributed by atoms with Gasteiger partial charge in [-0.05, 0) is 12.0 Å². The highest BCUT2D eigenvalue weighted by atomic mass is 16.5. The molecule has 5 nitrogen and oxygen atoms in total. The van der Waals surface area contributed by atoms with Crippen LogP contribution in [0.1, 0.15) is 12.8 Å². The first kappa shape index (κ1) is 11.5. The van der Waals surface area contributed by atoms with Gasteiger partial charge in [-0.15, -0.1) is 0 Å². The van der Waals surface area contributed by atoms with Crippen molar-refractivity contribution in [3.05, 3.63) is 23.5 Å². The quantitative estimate of drug-likeness (QED) is 0.553. The van der Waals surface area contributed by atoms with Gasteiger partial charge in [-0.2, -0.15) is 0 Å². The largest absolute Gasteiger partial charge is 0.504 e. The number of esters is 1. The Morgan fingerprint density at radius 2 is 2.39 bits per heavy atom. The highest BCUT2D eigenvalue weighted by molar-refractivity contribution is 5.99. The lowest BCUT2D eigenvalue weighted by Crippen LogP contribution is -2.51. The fourth-order valence-corrected chi connectivity index (χ4v) is 3.39. The number of ether oxygens (including phenoxy) is 2. The molecule has 1 heterocycles. The summed E-state index contributed by atoms with van der Waals surface area (Å²) >= 11 is 0. The zero-order chi connectivity index (χ0) is 12.9. The molecular formula is C13H14O5. The maximum absolute atomic E-state index is 12.2. The van der Waals surface area contributed by atoms with Crippen molar-refractivity contribution in [2.45, 2.75) is 18.9 Å². The fourth-order valence-electron chi connectivity index (χ4n) is 3.39. The zero-order valence-electron chi connectivity index (χ0n) is 10.0. The van der Waals surface area contributed by atoms with Gasteiger partial charge in [-0.3, -0.25) is 9.59 Å². The Balaban J connectivity index is 2.25. The highest BCUT2D eigenvalue weighted by Crippen LogP contribution is 2.55. The average molecular weight is 250 g/mol. The molecule has 0 saturated carbocycles. The van der Waals surface area contributed by atoms with Crippen LogP contribution in [0.4, 0.5) is 0 Å². The maximum atomic E-state index is 12.2. The van der Waals surface area contributed by atoms with E-state index in [0.29, 0.717) is 18.6 Å². The van der Waals surface area contributed by atoms with E-state index in [1.807, 2.05) is 12.2 Å². The maximum Gasteiger partial charge on any atom is 0.319 e. The lowest BCUT2D eigenvalue weighted by Gasteiger charge is -2.41. The Morgan fingerprint density at radius 3 is 3.11 bits per heavy atom. The second kappa shape index (κ2) is 3.68. The summed E-state index contributed by atoms with van der Waals surface area (Å²) in [5, 5.41) is 9.98. The third kappa shape index (κ3) is 1.15. The first-order valence-electron chi connectivity index (χ1n) is 5.94. The zero-order valence-corrected chi connectivity index (χ0v) is 10.0. The predicted molar refractivity (Wildman–Crippen MR) is 60.7 cm³/mol. The SMILES string of the molecule is COC(=O)[C@]12C3=C(O)C(=O)C[C@H]1OC[C@H]2C=CC3. The van der Waals surface area contributed by atoms with Crippen LogP contribution in [0.3, 0.4) is 0 Å². The molecule has 5 heteroatoms. The number of aliphatic hydroxyl groups excluding tert-OH is 1. The van der Waals surface area contributed by atoms with Gasteiger partial charge in [-0.1, -0.05) is 12.2 Å². The molecular weight excluding hydrogens is 236 g/mol. The monoisotopic (exact) mass is 250 g/mol. The summed E-state index contributed by atoms with van der Waals surface area (Å²) in [6.45, 7) is 0.375. The second-order valence-corrected chi connectivity index (χ2v) is 4.88. The molecule has 0 amide bonds. The van der Waals surface area contributed by atoms with Crippen LogP contribution in [-0.4, -0.2) is 36.7 Å². The molecule has 3 atom stereocenters. The molecule has 1 aliphatic heterocycles. The van der Waals surface area contributed by atoms with Gasteiger partial charge in [0.25, 0.3) is 0 Å². The van der Waals surface area contributed by atoms with E-state index in [-0.39, 0.29) is 23.9 Å². The molecule has 1 saturated heterocycles. The normalized spacial score (nSPS) is 37.7. The number of ketones is 1. The van der Waals surface area contributed by atoms with Gasteiger partial charge >= 0.3 is 5.97 Å². The van der Waals surface area contributed by atoms with E-state index in [2.05, 4.69) is 0 Å².